The summed E-state index contributed by atoms with van der Waals surface area (Å²) in [5.74, 6) is 0. The first-order valence-corrected chi connectivity index (χ1v) is 6.15. The summed E-state index contributed by atoms with van der Waals surface area (Å²) in [6.45, 7) is 6.35. The van der Waals surface area contributed by atoms with Crippen LogP contribution in [0.25, 0.3) is 0 Å². The van der Waals surface area contributed by atoms with Crippen LogP contribution in [-0.4, -0.2) is 23.0 Å². The average molecular weight is 220 g/mol. The molecule has 0 amide bonds. The van der Waals surface area contributed by atoms with Crippen LogP contribution in [0.3, 0.4) is 0 Å². The maximum atomic E-state index is 11.3. The predicted molar refractivity (Wildman–Crippen MR) is 65.6 cm³/mol. The molecule has 88 valence electrons. The van der Waals surface area contributed by atoms with E-state index in [1.54, 1.807) is 0 Å². The van der Waals surface area contributed by atoms with Crippen LogP contribution in [-0.2, 0) is 0 Å². The van der Waals surface area contributed by atoms with Crippen molar-refractivity contribution in [3.63, 3.8) is 0 Å². The molecule has 1 saturated heterocycles. The van der Waals surface area contributed by atoms with Crippen LogP contribution in [0.5, 0.6) is 0 Å². The maximum absolute atomic E-state index is 11.3. The minimum Gasteiger partial charge on any atom is -0.329 e. The molecule has 0 bridgehead atoms. The number of aromatic nitrogens is 1. The van der Waals surface area contributed by atoms with Crippen molar-refractivity contribution >= 4 is 0 Å². The van der Waals surface area contributed by atoms with Crippen molar-refractivity contribution in [3.05, 3.63) is 33.7 Å². The van der Waals surface area contributed by atoms with E-state index in [2.05, 4.69) is 16.8 Å². The highest BCUT2D eigenvalue weighted by Gasteiger charge is 2.22. The van der Waals surface area contributed by atoms with Crippen LogP contribution >= 0.6 is 0 Å². The Hall–Kier alpha value is -1.09. The lowest BCUT2D eigenvalue weighted by molar-refractivity contribution is 0.157. The van der Waals surface area contributed by atoms with E-state index in [9.17, 15) is 4.79 Å². The first-order chi connectivity index (χ1) is 7.72. The summed E-state index contributed by atoms with van der Waals surface area (Å²) in [6.07, 6.45) is 5.68. The van der Waals surface area contributed by atoms with Crippen LogP contribution in [0.2, 0.25) is 0 Å². The van der Waals surface area contributed by atoms with Crippen LogP contribution in [0.15, 0.2) is 17.1 Å². The molecule has 3 nitrogen and oxygen atoms in total. The van der Waals surface area contributed by atoms with Gasteiger partial charge in [0.2, 0.25) is 0 Å². The number of H-pyrrole nitrogens is 1. The molecule has 1 aliphatic heterocycles. The predicted octanol–water partition coefficient (Wildman–Crippen LogP) is 2.23. The first-order valence-electron chi connectivity index (χ1n) is 6.15. The van der Waals surface area contributed by atoms with Gasteiger partial charge in [0.25, 0.3) is 5.56 Å². The molecule has 1 aliphatic rings. The Morgan fingerprint density at radius 1 is 1.50 bits per heavy atom. The summed E-state index contributed by atoms with van der Waals surface area (Å²) < 4.78 is 0. The third kappa shape index (κ3) is 2.19. The molecule has 0 spiro atoms. The molecule has 3 heteroatoms. The van der Waals surface area contributed by atoms with Crippen molar-refractivity contribution in [1.82, 2.24) is 9.88 Å². The second-order valence-electron chi connectivity index (χ2n) is 4.59. The average Bonchev–Trinajstić information content (AvgIpc) is 2.32. The second-order valence-corrected chi connectivity index (χ2v) is 4.59. The fourth-order valence-corrected chi connectivity index (χ4v) is 2.56. The highest BCUT2D eigenvalue weighted by atomic mass is 16.1. The fraction of sp³-hybridized carbons (Fsp3) is 0.615. The highest BCUT2D eigenvalue weighted by Crippen LogP contribution is 2.29. The Kier molecular flexibility index (Phi) is 3.44. The number of hydrogen-bond donors (Lipinski definition) is 1. The molecular formula is C13H20N2O. The van der Waals surface area contributed by atoms with Gasteiger partial charge in [0, 0.05) is 17.8 Å². The number of nitrogens with one attached hydrogen (secondary N) is 1. The fourth-order valence-electron chi connectivity index (χ4n) is 2.56. The maximum Gasteiger partial charge on any atom is 0.250 e. The van der Waals surface area contributed by atoms with Gasteiger partial charge in [-0.05, 0) is 44.5 Å². The quantitative estimate of drug-likeness (QED) is 0.829. The number of piperidine rings is 1. The minimum atomic E-state index is 0.0302. The minimum absolute atomic E-state index is 0.0302. The van der Waals surface area contributed by atoms with Gasteiger partial charge in [-0.2, -0.15) is 0 Å². The van der Waals surface area contributed by atoms with E-state index >= 15 is 0 Å². The van der Waals surface area contributed by atoms with E-state index < -0.39 is 0 Å². The van der Waals surface area contributed by atoms with Crippen LogP contribution in [0, 0.1) is 6.92 Å². The Morgan fingerprint density at radius 3 is 3.00 bits per heavy atom. The van der Waals surface area contributed by atoms with E-state index in [1.165, 1.54) is 31.4 Å². The third-order valence-electron chi connectivity index (χ3n) is 3.52. The smallest absolute Gasteiger partial charge is 0.250 e. The molecular weight excluding hydrogens is 200 g/mol. The number of nitrogens with zero attached hydrogens (tertiary/aromatic N) is 1. The van der Waals surface area contributed by atoms with Gasteiger partial charge in [-0.25, -0.2) is 0 Å². The van der Waals surface area contributed by atoms with Crippen LogP contribution in [0.1, 0.15) is 43.4 Å². The molecule has 0 saturated carbocycles. The lowest BCUT2D eigenvalue weighted by atomic mass is 9.96. The monoisotopic (exact) mass is 220 g/mol. The Balaban J connectivity index is 2.27. The van der Waals surface area contributed by atoms with E-state index in [1.807, 2.05) is 19.2 Å². The lowest BCUT2D eigenvalue weighted by Gasteiger charge is -2.35. The molecule has 1 N–H and O–H groups in total. The number of rotatable bonds is 2. The molecule has 1 unspecified atom stereocenters. The van der Waals surface area contributed by atoms with Gasteiger partial charge in [0.15, 0.2) is 0 Å². The summed E-state index contributed by atoms with van der Waals surface area (Å²) >= 11 is 0. The Morgan fingerprint density at radius 2 is 2.31 bits per heavy atom. The van der Waals surface area contributed by atoms with Crippen molar-refractivity contribution in [1.29, 1.82) is 0 Å². The molecule has 2 heterocycles. The number of likely N-dealkylation sites (tertiary alicyclic amines) is 1. The van der Waals surface area contributed by atoms with Crippen LogP contribution in [0.4, 0.5) is 0 Å². The van der Waals surface area contributed by atoms with E-state index in [0.717, 1.165) is 12.1 Å². The van der Waals surface area contributed by atoms with Gasteiger partial charge in [-0.3, -0.25) is 9.69 Å². The van der Waals surface area contributed by atoms with Gasteiger partial charge >= 0.3 is 0 Å². The molecule has 0 aliphatic carbocycles. The molecule has 16 heavy (non-hydrogen) atoms. The normalized spacial score (nSPS) is 22.2. The zero-order chi connectivity index (χ0) is 11.5. The van der Waals surface area contributed by atoms with Gasteiger partial charge in [-0.15, -0.1) is 0 Å². The van der Waals surface area contributed by atoms with Crippen LogP contribution < -0.4 is 5.56 Å². The molecule has 2 rings (SSSR count). The summed E-state index contributed by atoms with van der Waals surface area (Å²) in [5, 5.41) is 0. The van der Waals surface area contributed by atoms with Gasteiger partial charge < -0.3 is 4.98 Å². The first kappa shape index (κ1) is 11.4. The van der Waals surface area contributed by atoms with Gasteiger partial charge in [0.05, 0.1) is 0 Å². The van der Waals surface area contributed by atoms with Crippen molar-refractivity contribution < 1.29 is 0 Å². The summed E-state index contributed by atoms with van der Waals surface area (Å²) in [4.78, 5) is 16.7. The molecule has 1 aromatic heterocycles. The van der Waals surface area contributed by atoms with Crippen molar-refractivity contribution in [2.45, 2.75) is 39.2 Å². The largest absolute Gasteiger partial charge is 0.329 e. The van der Waals surface area contributed by atoms with Crippen molar-refractivity contribution in [3.8, 4) is 0 Å². The Labute approximate surface area is 96.5 Å². The molecule has 0 aromatic carbocycles. The number of hydrogen-bond acceptors (Lipinski definition) is 2. The number of aryl methyl sites for hydroxylation is 1. The SMILES string of the molecule is CCN1CCCCC1c1c[nH]c(=O)c(C)c1. The number of aromatic amines is 1. The Bertz CT molecular complexity index is 411. The third-order valence-corrected chi connectivity index (χ3v) is 3.52. The topological polar surface area (TPSA) is 36.1 Å². The zero-order valence-corrected chi connectivity index (χ0v) is 10.1. The lowest BCUT2D eigenvalue weighted by Crippen LogP contribution is -2.33. The van der Waals surface area contributed by atoms with E-state index in [0.29, 0.717) is 6.04 Å². The van der Waals surface area contributed by atoms with Gasteiger partial charge in [0.1, 0.15) is 0 Å². The second kappa shape index (κ2) is 4.83. The molecule has 1 aromatic rings. The summed E-state index contributed by atoms with van der Waals surface area (Å²) in [6, 6.07) is 2.53. The molecule has 0 radical (unpaired) electrons. The summed E-state index contributed by atoms with van der Waals surface area (Å²) in [7, 11) is 0. The van der Waals surface area contributed by atoms with E-state index in [-0.39, 0.29) is 5.56 Å². The molecule has 1 atom stereocenters. The van der Waals surface area contributed by atoms with Crippen molar-refractivity contribution in [2.75, 3.05) is 13.1 Å². The highest BCUT2D eigenvalue weighted by molar-refractivity contribution is 5.20. The van der Waals surface area contributed by atoms with Crippen molar-refractivity contribution in [2.24, 2.45) is 0 Å². The zero-order valence-electron chi connectivity index (χ0n) is 10.1. The molecule has 1 fully saturated rings. The standard InChI is InChI=1S/C13H20N2O/c1-3-15-7-5-4-6-12(15)11-8-10(2)13(16)14-9-11/h8-9,12H,3-7H2,1-2H3,(H,14,16). The number of pyridine rings is 1. The van der Waals surface area contributed by atoms with E-state index in [4.69, 9.17) is 0 Å². The summed E-state index contributed by atoms with van der Waals surface area (Å²) in [5.41, 5.74) is 2.11. The van der Waals surface area contributed by atoms with Gasteiger partial charge in [-0.1, -0.05) is 13.3 Å².